The zero-order valence-corrected chi connectivity index (χ0v) is 12.3. The Morgan fingerprint density at radius 3 is 2.62 bits per heavy atom. The zero-order valence-electron chi connectivity index (χ0n) is 12.3. The minimum absolute atomic E-state index is 0.376. The van der Waals surface area contributed by atoms with Crippen molar-refractivity contribution in [3.8, 4) is 0 Å². The van der Waals surface area contributed by atoms with Gasteiger partial charge >= 0.3 is 5.95 Å². The lowest BCUT2D eigenvalue weighted by Crippen LogP contribution is -2.43. The first-order valence-electron chi connectivity index (χ1n) is 7.37. The summed E-state index contributed by atoms with van der Waals surface area (Å²) in [7, 11) is 0. The number of hydrogen-bond acceptors (Lipinski definition) is 6. The van der Waals surface area contributed by atoms with Gasteiger partial charge in [0.05, 0.1) is 39.4 Å². The van der Waals surface area contributed by atoms with Gasteiger partial charge in [-0.2, -0.15) is 0 Å². The molecule has 0 spiro atoms. The number of nitrogens with two attached hydrogens (primary N) is 2. The van der Waals surface area contributed by atoms with Crippen LogP contribution in [0.3, 0.4) is 0 Å². The Kier molecular flexibility index (Phi) is 3.83. The van der Waals surface area contributed by atoms with Crippen molar-refractivity contribution in [2.24, 2.45) is 0 Å². The van der Waals surface area contributed by atoms with Crippen molar-refractivity contribution in [3.63, 3.8) is 0 Å². The molecule has 0 bridgehead atoms. The lowest BCUT2D eigenvalue weighted by molar-refractivity contribution is -0.353. The zero-order chi connectivity index (χ0) is 14.8. The fourth-order valence-corrected chi connectivity index (χ4v) is 2.81. The van der Waals surface area contributed by atoms with Crippen LogP contribution in [-0.2, 0) is 4.74 Å². The first-order chi connectivity index (χ1) is 10.1. The molecule has 2 aliphatic heterocycles. The number of piperidine rings is 1. The lowest BCUT2D eigenvalue weighted by Gasteiger charge is -2.28. The van der Waals surface area contributed by atoms with E-state index in [4.69, 9.17) is 16.2 Å². The van der Waals surface area contributed by atoms with E-state index in [1.165, 1.54) is 5.57 Å². The Bertz CT molecular complexity index is 541. The Balaban J connectivity index is 1.91. The fraction of sp³-hybridized carbons (Fsp3) is 0.571. The van der Waals surface area contributed by atoms with E-state index >= 15 is 0 Å². The van der Waals surface area contributed by atoms with E-state index in [-0.39, 0.29) is 0 Å². The molecular weight excluding hydrogens is 268 g/mol. The van der Waals surface area contributed by atoms with Crippen LogP contribution in [0, 0.1) is 0 Å². The highest BCUT2D eigenvalue weighted by molar-refractivity contribution is 5.72. The molecule has 1 aromatic heterocycles. The molecule has 0 saturated carbocycles. The monoisotopic (exact) mass is 291 g/mol. The van der Waals surface area contributed by atoms with Crippen molar-refractivity contribution >= 4 is 23.3 Å². The molecule has 2 fully saturated rings. The van der Waals surface area contributed by atoms with Gasteiger partial charge in [-0.25, -0.2) is 4.98 Å². The van der Waals surface area contributed by atoms with Gasteiger partial charge in [0.2, 0.25) is 11.6 Å². The summed E-state index contributed by atoms with van der Waals surface area (Å²) >= 11 is 0. The summed E-state index contributed by atoms with van der Waals surface area (Å²) in [5, 5.41) is 0. The van der Waals surface area contributed by atoms with Crippen LogP contribution in [-0.4, -0.2) is 44.4 Å². The van der Waals surface area contributed by atoms with Crippen molar-refractivity contribution in [1.29, 1.82) is 0 Å². The second-order valence-electron chi connectivity index (χ2n) is 5.58. The molecule has 0 amide bonds. The summed E-state index contributed by atoms with van der Waals surface area (Å²) in [6.45, 7) is 8.86. The second-order valence-corrected chi connectivity index (χ2v) is 5.58. The van der Waals surface area contributed by atoms with Gasteiger partial charge in [-0.15, -0.1) is 0 Å². The molecule has 0 unspecified atom stereocenters. The number of nitrogen functional groups attached to an aromatic ring is 2. The SMILES string of the molecule is C=C1CCCN(c2[nH+]c(N3CCOCC3)nc(N)c2N)C1. The van der Waals surface area contributed by atoms with E-state index in [0.717, 1.165) is 50.8 Å². The molecule has 7 nitrogen and oxygen atoms in total. The van der Waals surface area contributed by atoms with Gasteiger partial charge in [0, 0.05) is 0 Å². The summed E-state index contributed by atoms with van der Waals surface area (Å²) in [5.74, 6) is 1.99. The maximum Gasteiger partial charge on any atom is 0.349 e. The van der Waals surface area contributed by atoms with E-state index in [1.54, 1.807) is 0 Å². The molecule has 21 heavy (non-hydrogen) atoms. The Hall–Kier alpha value is -2.02. The van der Waals surface area contributed by atoms with Crippen molar-refractivity contribution < 1.29 is 9.72 Å². The summed E-state index contributed by atoms with van der Waals surface area (Å²) < 4.78 is 5.37. The van der Waals surface area contributed by atoms with Crippen LogP contribution in [0.5, 0.6) is 0 Å². The number of rotatable bonds is 2. The topological polar surface area (TPSA) is 94.8 Å². The van der Waals surface area contributed by atoms with Crippen LogP contribution in [0.2, 0.25) is 0 Å². The number of nitrogens with zero attached hydrogens (tertiary/aromatic N) is 3. The molecule has 5 N–H and O–H groups in total. The molecule has 114 valence electrons. The smallest absolute Gasteiger partial charge is 0.349 e. The van der Waals surface area contributed by atoms with Crippen LogP contribution >= 0.6 is 0 Å². The Morgan fingerprint density at radius 2 is 1.90 bits per heavy atom. The average molecular weight is 291 g/mol. The van der Waals surface area contributed by atoms with Gasteiger partial charge in [0.15, 0.2) is 5.69 Å². The number of ether oxygens (including phenoxy) is 1. The standard InChI is InChI=1S/C14H22N6O/c1-10-3-2-4-20(9-10)13-11(15)12(16)17-14(18-13)19-5-7-21-8-6-19/h1-9,15H2,(H2,16,17,18)/p+1. The molecule has 0 aromatic carbocycles. The predicted molar refractivity (Wildman–Crippen MR) is 83.2 cm³/mol. The van der Waals surface area contributed by atoms with Crippen molar-refractivity contribution in [1.82, 2.24) is 4.98 Å². The van der Waals surface area contributed by atoms with Gasteiger partial charge in [0.1, 0.15) is 0 Å². The van der Waals surface area contributed by atoms with E-state index in [1.807, 2.05) is 0 Å². The largest absolute Gasteiger partial charge is 0.390 e. The van der Waals surface area contributed by atoms with Crippen molar-refractivity contribution in [2.75, 3.05) is 60.7 Å². The number of hydrogen-bond donors (Lipinski definition) is 2. The van der Waals surface area contributed by atoms with Gasteiger partial charge < -0.3 is 21.1 Å². The second kappa shape index (κ2) is 5.77. The Morgan fingerprint density at radius 1 is 1.14 bits per heavy atom. The summed E-state index contributed by atoms with van der Waals surface area (Å²) in [6.07, 6.45) is 2.16. The quantitative estimate of drug-likeness (QED) is 0.748. The third-order valence-corrected chi connectivity index (χ3v) is 3.99. The normalized spacial score (nSPS) is 19.9. The summed E-state index contributed by atoms with van der Waals surface area (Å²) in [6, 6.07) is 0. The number of aromatic nitrogens is 2. The van der Waals surface area contributed by atoms with E-state index in [9.17, 15) is 0 Å². The highest BCUT2D eigenvalue weighted by Gasteiger charge is 2.27. The van der Waals surface area contributed by atoms with Gasteiger partial charge in [-0.05, 0) is 18.4 Å². The van der Waals surface area contributed by atoms with Gasteiger partial charge in [-0.3, -0.25) is 4.90 Å². The molecule has 7 heteroatoms. The maximum absolute atomic E-state index is 6.12. The van der Waals surface area contributed by atoms with Gasteiger partial charge in [-0.1, -0.05) is 11.6 Å². The molecule has 3 heterocycles. The Labute approximate surface area is 124 Å². The highest BCUT2D eigenvalue weighted by atomic mass is 16.5. The summed E-state index contributed by atoms with van der Waals surface area (Å²) in [5.41, 5.74) is 13.9. The molecular formula is C14H23N6O+. The number of anilines is 4. The van der Waals surface area contributed by atoms with Crippen LogP contribution in [0.1, 0.15) is 12.8 Å². The first kappa shape index (κ1) is 13.9. The van der Waals surface area contributed by atoms with E-state index in [0.29, 0.717) is 24.7 Å². The third-order valence-electron chi connectivity index (χ3n) is 3.99. The van der Waals surface area contributed by atoms with Crippen LogP contribution in [0.25, 0.3) is 0 Å². The van der Waals surface area contributed by atoms with Crippen LogP contribution in [0.4, 0.5) is 23.3 Å². The lowest BCUT2D eigenvalue weighted by atomic mass is 10.1. The minimum Gasteiger partial charge on any atom is -0.390 e. The molecule has 3 rings (SSSR count). The fourth-order valence-electron chi connectivity index (χ4n) is 2.81. The molecule has 0 radical (unpaired) electrons. The van der Waals surface area contributed by atoms with Gasteiger partial charge in [0.25, 0.3) is 0 Å². The average Bonchev–Trinajstić information content (AvgIpc) is 2.51. The minimum atomic E-state index is 0.376. The van der Waals surface area contributed by atoms with E-state index in [2.05, 4.69) is 26.3 Å². The molecule has 1 aromatic rings. The molecule has 0 aliphatic carbocycles. The maximum atomic E-state index is 6.12. The molecule has 2 aliphatic rings. The van der Waals surface area contributed by atoms with Crippen molar-refractivity contribution in [3.05, 3.63) is 12.2 Å². The highest BCUT2D eigenvalue weighted by Crippen LogP contribution is 2.27. The molecule has 2 saturated heterocycles. The summed E-state index contributed by atoms with van der Waals surface area (Å²) in [4.78, 5) is 12.1. The third kappa shape index (κ3) is 2.87. The number of morpholine rings is 1. The predicted octanol–water partition coefficient (Wildman–Crippen LogP) is 0.0531. The van der Waals surface area contributed by atoms with Crippen molar-refractivity contribution in [2.45, 2.75) is 12.8 Å². The van der Waals surface area contributed by atoms with Crippen LogP contribution < -0.4 is 26.3 Å². The van der Waals surface area contributed by atoms with Crippen LogP contribution in [0.15, 0.2) is 12.2 Å². The number of aromatic amines is 1. The first-order valence-corrected chi connectivity index (χ1v) is 7.37. The molecule has 0 atom stereocenters. The number of H-pyrrole nitrogens is 1. The van der Waals surface area contributed by atoms with E-state index < -0.39 is 0 Å². The number of nitrogens with one attached hydrogen (secondary N) is 1.